The molecule has 0 aromatic carbocycles. The van der Waals surface area contributed by atoms with Crippen LogP contribution in [0.5, 0.6) is 0 Å². The Hall–Kier alpha value is 0.519. The molecule has 0 saturated heterocycles. The third-order valence-corrected chi connectivity index (χ3v) is 0. The zero-order valence-electron chi connectivity index (χ0n) is 2.93. The molecule has 0 amide bonds. The van der Waals surface area contributed by atoms with Gasteiger partial charge in [0.15, 0.2) is 0 Å². The standard InChI is InChI=1S/C3H7.Fe/c1-3-2;/h3H,1-2H3;/q-1;. The van der Waals surface area contributed by atoms with E-state index in [-0.39, 0.29) is 17.1 Å². The van der Waals surface area contributed by atoms with E-state index in [1.54, 1.807) is 0 Å². The minimum atomic E-state index is 0. The fraction of sp³-hybridized carbons (Fsp3) is 0.667. The van der Waals surface area contributed by atoms with Crippen molar-refractivity contribution in [2.45, 2.75) is 13.8 Å². The van der Waals surface area contributed by atoms with Crippen LogP contribution in [0.1, 0.15) is 13.8 Å². The summed E-state index contributed by atoms with van der Waals surface area (Å²) in [7, 11) is 0. The van der Waals surface area contributed by atoms with Crippen LogP contribution in [-0.4, -0.2) is 0 Å². The Morgan fingerprint density at radius 3 is 1.25 bits per heavy atom. The molecular formula is C3H7Fe-. The van der Waals surface area contributed by atoms with E-state index >= 15 is 0 Å². The minimum absolute atomic E-state index is 0. The summed E-state index contributed by atoms with van der Waals surface area (Å²) in [4.78, 5) is 0. The molecule has 0 atom stereocenters. The van der Waals surface area contributed by atoms with Crippen LogP contribution < -0.4 is 0 Å². The van der Waals surface area contributed by atoms with Gasteiger partial charge in [0.05, 0.1) is 0 Å². The van der Waals surface area contributed by atoms with Crippen molar-refractivity contribution < 1.29 is 17.1 Å². The maximum Gasteiger partial charge on any atom is 0 e. The molecule has 1 heteroatoms. The summed E-state index contributed by atoms with van der Waals surface area (Å²) in [5.74, 6) is 0. The van der Waals surface area contributed by atoms with Crippen LogP contribution in [0.2, 0.25) is 0 Å². The van der Waals surface area contributed by atoms with Crippen LogP contribution in [0.3, 0.4) is 0 Å². The molecule has 28 valence electrons. The van der Waals surface area contributed by atoms with Gasteiger partial charge in [0.2, 0.25) is 0 Å². The van der Waals surface area contributed by atoms with Gasteiger partial charge in [-0.15, -0.1) is 0 Å². The molecule has 0 saturated carbocycles. The van der Waals surface area contributed by atoms with Crippen LogP contribution >= 0.6 is 0 Å². The van der Waals surface area contributed by atoms with Gasteiger partial charge in [0.25, 0.3) is 0 Å². The molecule has 0 heterocycles. The molecule has 0 aromatic heterocycles. The summed E-state index contributed by atoms with van der Waals surface area (Å²) in [6, 6.07) is 0. The summed E-state index contributed by atoms with van der Waals surface area (Å²) in [5, 5.41) is 0. The Balaban J connectivity index is 0. The first-order valence-electron chi connectivity index (χ1n) is 1.15. The first-order chi connectivity index (χ1) is 1.41. The fourth-order valence-electron chi connectivity index (χ4n) is 0. The number of rotatable bonds is 0. The average Bonchev–Trinajstić information content (AvgIpc) is 0.918. The molecule has 0 aliphatic carbocycles. The maximum atomic E-state index is 2.00. The molecule has 0 aliphatic heterocycles. The van der Waals surface area contributed by atoms with E-state index in [0.29, 0.717) is 0 Å². The van der Waals surface area contributed by atoms with E-state index in [0.717, 1.165) is 0 Å². The van der Waals surface area contributed by atoms with E-state index in [1.165, 1.54) is 0 Å². The van der Waals surface area contributed by atoms with Gasteiger partial charge in [-0.2, -0.15) is 13.8 Å². The second-order valence-corrected chi connectivity index (χ2v) is 0.577. The molecule has 0 spiro atoms. The van der Waals surface area contributed by atoms with Crippen LogP contribution in [0.4, 0.5) is 0 Å². The molecule has 0 aromatic rings. The van der Waals surface area contributed by atoms with Gasteiger partial charge < -0.3 is 6.42 Å². The monoisotopic (exact) mass is 99.0 g/mol. The van der Waals surface area contributed by atoms with Crippen LogP contribution in [0.25, 0.3) is 0 Å². The van der Waals surface area contributed by atoms with Crippen molar-refractivity contribution in [1.82, 2.24) is 0 Å². The number of hydrogen-bond acceptors (Lipinski definition) is 0. The van der Waals surface area contributed by atoms with Gasteiger partial charge in [-0.25, -0.2) is 0 Å². The van der Waals surface area contributed by atoms with Gasteiger partial charge >= 0.3 is 0 Å². The summed E-state index contributed by atoms with van der Waals surface area (Å²) in [6.07, 6.45) is 2.00. The summed E-state index contributed by atoms with van der Waals surface area (Å²) in [6.45, 7) is 4.00. The van der Waals surface area contributed by atoms with Crippen LogP contribution in [0.15, 0.2) is 0 Å². The molecule has 0 N–H and O–H groups in total. The Morgan fingerprint density at radius 2 is 1.25 bits per heavy atom. The van der Waals surface area contributed by atoms with Crippen LogP contribution in [-0.2, 0) is 17.1 Å². The van der Waals surface area contributed by atoms with Crippen molar-refractivity contribution in [2.75, 3.05) is 0 Å². The molecular weight excluding hydrogens is 91.9 g/mol. The van der Waals surface area contributed by atoms with E-state index in [9.17, 15) is 0 Å². The maximum absolute atomic E-state index is 2.00. The average molecular weight is 98.9 g/mol. The van der Waals surface area contributed by atoms with Crippen molar-refractivity contribution in [3.8, 4) is 0 Å². The first kappa shape index (κ1) is 8.82. The zero-order valence-corrected chi connectivity index (χ0v) is 4.04. The van der Waals surface area contributed by atoms with Gasteiger partial charge in [0.1, 0.15) is 0 Å². The SMILES string of the molecule is C[CH-]C.[Fe]. The Labute approximate surface area is 38.1 Å². The Morgan fingerprint density at radius 1 is 1.25 bits per heavy atom. The second-order valence-electron chi connectivity index (χ2n) is 0.577. The summed E-state index contributed by atoms with van der Waals surface area (Å²) < 4.78 is 0. The van der Waals surface area contributed by atoms with E-state index in [1.807, 2.05) is 20.3 Å². The predicted molar refractivity (Wildman–Crippen MR) is 15.6 cm³/mol. The van der Waals surface area contributed by atoms with Gasteiger partial charge in [-0.05, 0) is 0 Å². The smallest absolute Gasteiger partial charge is 0 e. The van der Waals surface area contributed by atoms with Crippen molar-refractivity contribution in [3.63, 3.8) is 0 Å². The number of hydrogen-bond donors (Lipinski definition) is 0. The van der Waals surface area contributed by atoms with E-state index in [2.05, 4.69) is 0 Å². The van der Waals surface area contributed by atoms with Gasteiger partial charge in [0, 0.05) is 17.1 Å². The predicted octanol–water partition coefficient (Wildman–Crippen LogP) is 1.23. The normalized spacial score (nSPS) is 4.50. The third kappa shape index (κ3) is 21.6. The molecule has 0 aliphatic rings. The van der Waals surface area contributed by atoms with Gasteiger partial charge in [-0.1, -0.05) is 0 Å². The van der Waals surface area contributed by atoms with Crippen LogP contribution in [0, 0.1) is 6.42 Å². The molecule has 0 unspecified atom stereocenters. The quantitative estimate of drug-likeness (QED) is 0.316. The molecule has 0 fully saturated rings. The molecule has 0 radical (unpaired) electrons. The topological polar surface area (TPSA) is 0 Å². The largest absolute Gasteiger partial charge is 0.335 e. The van der Waals surface area contributed by atoms with Crippen molar-refractivity contribution in [1.29, 1.82) is 0 Å². The van der Waals surface area contributed by atoms with Crippen molar-refractivity contribution in [3.05, 3.63) is 6.42 Å². The van der Waals surface area contributed by atoms with Crippen molar-refractivity contribution >= 4 is 0 Å². The minimum Gasteiger partial charge on any atom is -0.335 e. The molecule has 0 rings (SSSR count). The molecule has 0 bridgehead atoms. The van der Waals surface area contributed by atoms with E-state index in [4.69, 9.17) is 0 Å². The second kappa shape index (κ2) is 9.68. The van der Waals surface area contributed by atoms with Crippen molar-refractivity contribution in [2.24, 2.45) is 0 Å². The first-order valence-corrected chi connectivity index (χ1v) is 1.15. The molecule has 0 nitrogen and oxygen atoms in total. The third-order valence-electron chi connectivity index (χ3n) is 0. The fourth-order valence-corrected chi connectivity index (χ4v) is 0. The molecule has 4 heavy (non-hydrogen) atoms. The Kier molecular flexibility index (Phi) is 21.3. The van der Waals surface area contributed by atoms with E-state index < -0.39 is 0 Å². The van der Waals surface area contributed by atoms with Gasteiger partial charge in [-0.3, -0.25) is 0 Å². The summed E-state index contributed by atoms with van der Waals surface area (Å²) in [5.41, 5.74) is 0. The zero-order chi connectivity index (χ0) is 2.71. The summed E-state index contributed by atoms with van der Waals surface area (Å²) >= 11 is 0. The Bertz CT molecular complexity index is 3.25.